The molecule has 28 heavy (non-hydrogen) atoms. The first kappa shape index (κ1) is 19.5. The van der Waals surface area contributed by atoms with Gasteiger partial charge in [0.2, 0.25) is 0 Å². The molecule has 0 bridgehead atoms. The van der Waals surface area contributed by atoms with Crippen LogP contribution >= 0.6 is 0 Å². The van der Waals surface area contributed by atoms with Gasteiger partial charge in [-0.3, -0.25) is 9.48 Å². The molecular formula is C21H21F2N3O2. The molecule has 0 aliphatic heterocycles. The van der Waals surface area contributed by atoms with E-state index in [4.69, 9.17) is 4.74 Å². The van der Waals surface area contributed by atoms with E-state index in [1.165, 1.54) is 6.07 Å². The maximum absolute atomic E-state index is 13.6. The molecule has 0 radical (unpaired) electrons. The summed E-state index contributed by atoms with van der Waals surface area (Å²) in [6.07, 6.45) is 1.75. The number of halogens is 2. The number of benzene rings is 2. The Balaban J connectivity index is 1.61. The molecule has 1 amide bonds. The Hall–Kier alpha value is -3.22. The third kappa shape index (κ3) is 4.54. The van der Waals surface area contributed by atoms with Gasteiger partial charge in [0.15, 0.2) is 11.6 Å². The summed E-state index contributed by atoms with van der Waals surface area (Å²) in [6, 6.07) is 10.0. The van der Waals surface area contributed by atoms with Crippen molar-refractivity contribution in [3.05, 3.63) is 82.7 Å². The number of nitrogens with zero attached hydrogens (tertiary/aromatic N) is 2. The van der Waals surface area contributed by atoms with E-state index in [0.717, 1.165) is 29.9 Å². The van der Waals surface area contributed by atoms with E-state index < -0.39 is 11.6 Å². The molecule has 146 valence electrons. The summed E-state index contributed by atoms with van der Waals surface area (Å²) < 4.78 is 33.9. The zero-order valence-corrected chi connectivity index (χ0v) is 15.7. The molecule has 0 saturated heterocycles. The van der Waals surface area contributed by atoms with Gasteiger partial charge in [0.1, 0.15) is 12.4 Å². The first-order valence-corrected chi connectivity index (χ1v) is 8.94. The minimum atomic E-state index is -0.767. The molecule has 0 aliphatic rings. The van der Waals surface area contributed by atoms with Gasteiger partial charge < -0.3 is 10.1 Å². The molecule has 1 heterocycles. The second-order valence-electron chi connectivity index (χ2n) is 6.32. The van der Waals surface area contributed by atoms with Gasteiger partial charge in [-0.2, -0.15) is 5.10 Å². The van der Waals surface area contributed by atoms with Crippen molar-refractivity contribution in [3.63, 3.8) is 0 Å². The number of amides is 1. The predicted molar refractivity (Wildman–Crippen MR) is 101 cm³/mol. The molecule has 0 atom stereocenters. The van der Waals surface area contributed by atoms with Crippen LogP contribution in [0.15, 0.2) is 48.7 Å². The van der Waals surface area contributed by atoms with Crippen molar-refractivity contribution in [2.75, 3.05) is 0 Å². The lowest BCUT2D eigenvalue weighted by Gasteiger charge is -2.09. The predicted octanol–water partition coefficient (Wildman–Crippen LogP) is 4.00. The number of rotatable bonds is 7. The molecular weight excluding hydrogens is 364 g/mol. The highest BCUT2D eigenvalue weighted by Gasteiger charge is 2.10. The molecule has 3 rings (SSSR count). The molecule has 1 aromatic heterocycles. The van der Waals surface area contributed by atoms with Gasteiger partial charge in [-0.1, -0.05) is 12.1 Å². The first-order chi connectivity index (χ1) is 13.5. The number of ether oxygens (including phenoxy) is 1. The van der Waals surface area contributed by atoms with Gasteiger partial charge >= 0.3 is 0 Å². The monoisotopic (exact) mass is 385 g/mol. The van der Waals surface area contributed by atoms with Gasteiger partial charge in [0.05, 0.1) is 6.20 Å². The molecule has 0 spiro atoms. The summed E-state index contributed by atoms with van der Waals surface area (Å²) in [4.78, 5) is 12.4. The SMILES string of the molecule is CCn1ncc(CNC(=O)c2cccc(COc3ccc(F)cc3F)c2)c1C. The highest BCUT2D eigenvalue weighted by molar-refractivity contribution is 5.94. The highest BCUT2D eigenvalue weighted by Crippen LogP contribution is 2.19. The lowest BCUT2D eigenvalue weighted by molar-refractivity contribution is 0.0950. The Bertz CT molecular complexity index is 986. The van der Waals surface area contributed by atoms with Gasteiger partial charge in [-0.05, 0) is 43.7 Å². The van der Waals surface area contributed by atoms with Crippen molar-refractivity contribution >= 4 is 5.91 Å². The summed E-state index contributed by atoms with van der Waals surface area (Å²) >= 11 is 0. The molecule has 3 aromatic rings. The lowest BCUT2D eigenvalue weighted by Crippen LogP contribution is -2.23. The van der Waals surface area contributed by atoms with E-state index in [1.54, 1.807) is 30.5 Å². The number of hydrogen-bond acceptors (Lipinski definition) is 3. The van der Waals surface area contributed by atoms with Gasteiger partial charge in [0, 0.05) is 36.0 Å². The topological polar surface area (TPSA) is 56.2 Å². The molecule has 2 aromatic carbocycles. The largest absolute Gasteiger partial charge is 0.486 e. The van der Waals surface area contributed by atoms with Crippen LogP contribution in [0.5, 0.6) is 5.75 Å². The molecule has 0 aliphatic carbocycles. The third-order valence-corrected chi connectivity index (χ3v) is 4.42. The fourth-order valence-corrected chi connectivity index (χ4v) is 2.81. The third-order valence-electron chi connectivity index (χ3n) is 4.42. The van der Waals surface area contributed by atoms with Crippen molar-refractivity contribution in [1.29, 1.82) is 0 Å². The van der Waals surface area contributed by atoms with E-state index in [0.29, 0.717) is 17.7 Å². The molecule has 0 saturated carbocycles. The van der Waals surface area contributed by atoms with Crippen molar-refractivity contribution in [1.82, 2.24) is 15.1 Å². The molecule has 0 unspecified atom stereocenters. The van der Waals surface area contributed by atoms with Crippen molar-refractivity contribution < 1.29 is 18.3 Å². The van der Waals surface area contributed by atoms with Crippen LogP contribution in [0.1, 0.15) is 34.1 Å². The maximum Gasteiger partial charge on any atom is 0.251 e. The average molecular weight is 385 g/mol. The fraction of sp³-hybridized carbons (Fsp3) is 0.238. The molecule has 5 nitrogen and oxygen atoms in total. The van der Waals surface area contributed by atoms with Crippen LogP contribution in [0.4, 0.5) is 8.78 Å². The Kier molecular flexibility index (Phi) is 6.03. The maximum atomic E-state index is 13.6. The van der Waals surface area contributed by atoms with Crippen LogP contribution in [0.3, 0.4) is 0 Å². The fourth-order valence-electron chi connectivity index (χ4n) is 2.81. The van der Waals surface area contributed by atoms with E-state index in [1.807, 2.05) is 18.5 Å². The van der Waals surface area contributed by atoms with E-state index in [9.17, 15) is 13.6 Å². The second-order valence-corrected chi connectivity index (χ2v) is 6.32. The lowest BCUT2D eigenvalue weighted by atomic mass is 10.1. The van der Waals surface area contributed by atoms with Crippen LogP contribution in [0, 0.1) is 18.6 Å². The Labute approximate surface area is 161 Å². The van der Waals surface area contributed by atoms with Crippen molar-refractivity contribution in [2.24, 2.45) is 0 Å². The summed E-state index contributed by atoms with van der Waals surface area (Å²) in [5, 5.41) is 7.13. The van der Waals surface area contributed by atoms with Gasteiger partial charge in [0.25, 0.3) is 5.91 Å². The summed E-state index contributed by atoms with van der Waals surface area (Å²) in [6.45, 7) is 5.19. The van der Waals surface area contributed by atoms with Crippen LogP contribution in [-0.4, -0.2) is 15.7 Å². The number of aromatic nitrogens is 2. The van der Waals surface area contributed by atoms with Gasteiger partial charge in [-0.25, -0.2) is 8.78 Å². The standard InChI is InChI=1S/C21H21F2N3O2/c1-3-26-14(2)17(12-25-26)11-24-21(27)16-6-4-5-15(9-16)13-28-20-8-7-18(22)10-19(20)23/h4-10,12H,3,11,13H2,1-2H3,(H,24,27). The first-order valence-electron chi connectivity index (χ1n) is 8.94. The zero-order valence-electron chi connectivity index (χ0n) is 15.7. The minimum absolute atomic E-state index is 0.0420. The minimum Gasteiger partial charge on any atom is -0.486 e. The summed E-state index contributed by atoms with van der Waals surface area (Å²) in [5.41, 5.74) is 3.15. The van der Waals surface area contributed by atoms with Crippen LogP contribution in [-0.2, 0) is 19.7 Å². The smallest absolute Gasteiger partial charge is 0.251 e. The number of aryl methyl sites for hydroxylation is 1. The summed E-state index contributed by atoms with van der Waals surface area (Å²) in [5.74, 6) is -1.70. The normalized spacial score (nSPS) is 10.7. The van der Waals surface area contributed by atoms with E-state index in [-0.39, 0.29) is 18.3 Å². The van der Waals surface area contributed by atoms with Crippen LogP contribution in [0.25, 0.3) is 0 Å². The number of nitrogens with one attached hydrogen (secondary N) is 1. The quantitative estimate of drug-likeness (QED) is 0.669. The second kappa shape index (κ2) is 8.65. The van der Waals surface area contributed by atoms with Crippen molar-refractivity contribution in [2.45, 2.75) is 33.5 Å². The van der Waals surface area contributed by atoms with Crippen LogP contribution in [0.2, 0.25) is 0 Å². The Morgan fingerprint density at radius 2 is 2.04 bits per heavy atom. The number of hydrogen-bond donors (Lipinski definition) is 1. The molecule has 0 fully saturated rings. The average Bonchev–Trinajstić information content (AvgIpc) is 3.05. The van der Waals surface area contributed by atoms with E-state index in [2.05, 4.69) is 10.4 Å². The van der Waals surface area contributed by atoms with Crippen LogP contribution < -0.4 is 10.1 Å². The van der Waals surface area contributed by atoms with E-state index >= 15 is 0 Å². The Morgan fingerprint density at radius 3 is 2.75 bits per heavy atom. The number of carbonyl (C=O) groups excluding carboxylic acids is 1. The molecule has 1 N–H and O–H groups in total. The number of carbonyl (C=O) groups is 1. The Morgan fingerprint density at radius 1 is 1.21 bits per heavy atom. The highest BCUT2D eigenvalue weighted by atomic mass is 19.1. The van der Waals surface area contributed by atoms with Crippen molar-refractivity contribution in [3.8, 4) is 5.75 Å². The molecule has 7 heteroatoms. The zero-order chi connectivity index (χ0) is 20.1. The van der Waals surface area contributed by atoms with Gasteiger partial charge in [-0.15, -0.1) is 0 Å². The summed E-state index contributed by atoms with van der Waals surface area (Å²) in [7, 11) is 0.